The molecule has 4 heteroatoms. The van der Waals surface area contributed by atoms with Crippen LogP contribution >= 0.6 is 11.6 Å². The molecular weight excluding hydrogens is 270 g/mol. The van der Waals surface area contributed by atoms with E-state index in [0.717, 1.165) is 41.5 Å². The van der Waals surface area contributed by atoms with Crippen LogP contribution in [0.15, 0.2) is 42.7 Å². The van der Waals surface area contributed by atoms with Crippen molar-refractivity contribution in [2.24, 2.45) is 0 Å². The van der Waals surface area contributed by atoms with E-state index in [4.69, 9.17) is 11.6 Å². The van der Waals surface area contributed by atoms with Gasteiger partial charge in [-0.25, -0.2) is 0 Å². The van der Waals surface area contributed by atoms with Gasteiger partial charge in [-0.3, -0.25) is 4.98 Å². The first-order valence-corrected chi connectivity index (χ1v) is 7.22. The Hall–Kier alpha value is -1.74. The third-order valence-corrected chi connectivity index (χ3v) is 3.48. The molecule has 2 aromatic rings. The zero-order chi connectivity index (χ0) is 14.4. The molecule has 0 aliphatic heterocycles. The van der Waals surface area contributed by atoms with Crippen LogP contribution in [0.3, 0.4) is 0 Å². The average Bonchev–Trinajstić information content (AvgIpc) is 2.48. The molecule has 3 nitrogen and oxygen atoms in total. The number of pyridine rings is 1. The van der Waals surface area contributed by atoms with E-state index in [9.17, 15) is 0 Å². The largest absolute Gasteiger partial charge is 0.384 e. The Kier molecular flexibility index (Phi) is 5.24. The normalized spacial score (nSPS) is 10.3. The second-order valence-electron chi connectivity index (χ2n) is 4.81. The van der Waals surface area contributed by atoms with E-state index >= 15 is 0 Å². The highest BCUT2D eigenvalue weighted by Gasteiger charge is 2.06. The fraction of sp³-hybridized carbons (Fsp3) is 0.312. The molecule has 0 unspecified atom stereocenters. The summed E-state index contributed by atoms with van der Waals surface area (Å²) in [5.74, 6) is 0. The molecule has 0 fully saturated rings. The fourth-order valence-electron chi connectivity index (χ4n) is 1.98. The predicted octanol–water partition coefficient (Wildman–Crippen LogP) is 4.19. The van der Waals surface area contributed by atoms with Gasteiger partial charge in [0.05, 0.1) is 23.8 Å². The fourth-order valence-corrected chi connectivity index (χ4v) is 2.17. The van der Waals surface area contributed by atoms with E-state index in [0.29, 0.717) is 0 Å². The number of aromatic nitrogens is 1. The molecule has 0 radical (unpaired) electrons. The minimum atomic E-state index is 0.762. The van der Waals surface area contributed by atoms with Crippen molar-refractivity contribution in [3.8, 4) is 0 Å². The van der Waals surface area contributed by atoms with Crippen LogP contribution in [0.4, 0.5) is 11.4 Å². The quantitative estimate of drug-likeness (QED) is 0.864. The van der Waals surface area contributed by atoms with Crippen LogP contribution in [0.25, 0.3) is 0 Å². The Labute approximate surface area is 125 Å². The van der Waals surface area contributed by atoms with Gasteiger partial charge in [0.2, 0.25) is 0 Å². The Morgan fingerprint density at radius 2 is 2.05 bits per heavy atom. The van der Waals surface area contributed by atoms with E-state index in [-0.39, 0.29) is 0 Å². The summed E-state index contributed by atoms with van der Waals surface area (Å²) in [6.45, 7) is 3.87. The van der Waals surface area contributed by atoms with Gasteiger partial charge >= 0.3 is 0 Å². The van der Waals surface area contributed by atoms with E-state index in [1.54, 1.807) is 0 Å². The van der Waals surface area contributed by atoms with Gasteiger partial charge in [0.15, 0.2) is 0 Å². The summed E-state index contributed by atoms with van der Waals surface area (Å²) < 4.78 is 0. The van der Waals surface area contributed by atoms with Crippen LogP contribution in [0.1, 0.15) is 18.9 Å². The van der Waals surface area contributed by atoms with Crippen molar-refractivity contribution < 1.29 is 0 Å². The summed E-state index contributed by atoms with van der Waals surface area (Å²) >= 11 is 6.20. The smallest absolute Gasteiger partial charge is 0.0573 e. The Balaban J connectivity index is 2.09. The van der Waals surface area contributed by atoms with Gasteiger partial charge in [0, 0.05) is 25.2 Å². The van der Waals surface area contributed by atoms with Crippen molar-refractivity contribution >= 4 is 23.0 Å². The first-order chi connectivity index (χ1) is 9.70. The second kappa shape index (κ2) is 7.15. The lowest BCUT2D eigenvalue weighted by Crippen LogP contribution is -2.17. The maximum absolute atomic E-state index is 6.20. The topological polar surface area (TPSA) is 28.2 Å². The molecule has 1 heterocycles. The van der Waals surface area contributed by atoms with E-state index in [1.807, 2.05) is 43.7 Å². The van der Waals surface area contributed by atoms with Crippen molar-refractivity contribution in [2.45, 2.75) is 19.9 Å². The van der Waals surface area contributed by atoms with Gasteiger partial charge < -0.3 is 10.2 Å². The first-order valence-electron chi connectivity index (χ1n) is 6.84. The minimum Gasteiger partial charge on any atom is -0.384 e. The number of nitrogens with zero attached hydrogens (tertiary/aromatic N) is 2. The van der Waals surface area contributed by atoms with Crippen molar-refractivity contribution in [1.29, 1.82) is 0 Å². The van der Waals surface area contributed by atoms with Gasteiger partial charge in [-0.1, -0.05) is 36.7 Å². The summed E-state index contributed by atoms with van der Waals surface area (Å²) in [6, 6.07) is 10.0. The summed E-state index contributed by atoms with van der Waals surface area (Å²) in [5, 5.41) is 4.15. The van der Waals surface area contributed by atoms with Crippen molar-refractivity contribution in [2.75, 3.05) is 23.8 Å². The highest BCUT2D eigenvalue weighted by molar-refractivity contribution is 6.31. The lowest BCUT2D eigenvalue weighted by molar-refractivity contribution is 0.916. The molecule has 106 valence electrons. The zero-order valence-corrected chi connectivity index (χ0v) is 12.7. The van der Waals surface area contributed by atoms with Crippen LogP contribution in [0.5, 0.6) is 0 Å². The lowest BCUT2D eigenvalue weighted by Gasteiger charge is -2.20. The van der Waals surface area contributed by atoms with Crippen molar-refractivity contribution in [3.05, 3.63) is 53.3 Å². The van der Waals surface area contributed by atoms with E-state index in [1.165, 1.54) is 0 Å². The zero-order valence-electron chi connectivity index (χ0n) is 11.9. The molecule has 0 aliphatic carbocycles. The molecular formula is C16H20ClN3. The second-order valence-corrected chi connectivity index (χ2v) is 5.21. The van der Waals surface area contributed by atoms with Crippen LogP contribution in [-0.2, 0) is 6.54 Å². The minimum absolute atomic E-state index is 0.762. The van der Waals surface area contributed by atoms with Crippen molar-refractivity contribution in [3.63, 3.8) is 0 Å². The highest BCUT2D eigenvalue weighted by Crippen LogP contribution is 2.21. The third kappa shape index (κ3) is 3.87. The number of anilines is 2. The lowest BCUT2D eigenvalue weighted by atomic mass is 10.2. The Morgan fingerprint density at radius 3 is 2.80 bits per heavy atom. The molecule has 0 aliphatic rings. The Bertz CT molecular complexity index is 557. The SMILES string of the molecule is CCCNc1cncc(N(C)Cc2ccccc2Cl)c1. The highest BCUT2D eigenvalue weighted by atomic mass is 35.5. The molecule has 1 aromatic carbocycles. The van der Waals surface area contributed by atoms with Crippen LogP contribution < -0.4 is 10.2 Å². The number of hydrogen-bond acceptors (Lipinski definition) is 3. The van der Waals surface area contributed by atoms with Gasteiger partial charge in [-0.2, -0.15) is 0 Å². The van der Waals surface area contributed by atoms with Crippen LogP contribution in [0, 0.1) is 0 Å². The summed E-state index contributed by atoms with van der Waals surface area (Å²) in [6.07, 6.45) is 4.82. The van der Waals surface area contributed by atoms with E-state index < -0.39 is 0 Å². The summed E-state index contributed by atoms with van der Waals surface area (Å²) in [4.78, 5) is 6.43. The summed E-state index contributed by atoms with van der Waals surface area (Å²) in [7, 11) is 2.05. The number of halogens is 1. The molecule has 0 atom stereocenters. The van der Waals surface area contributed by atoms with Crippen LogP contribution in [0.2, 0.25) is 5.02 Å². The van der Waals surface area contributed by atoms with Gasteiger partial charge in [0.1, 0.15) is 0 Å². The van der Waals surface area contributed by atoms with Gasteiger partial charge in [-0.05, 0) is 24.1 Å². The maximum atomic E-state index is 6.20. The van der Waals surface area contributed by atoms with E-state index in [2.05, 4.69) is 28.2 Å². The number of nitrogens with one attached hydrogen (secondary N) is 1. The van der Waals surface area contributed by atoms with Crippen LogP contribution in [-0.4, -0.2) is 18.6 Å². The van der Waals surface area contributed by atoms with Crippen molar-refractivity contribution in [1.82, 2.24) is 4.98 Å². The number of hydrogen-bond donors (Lipinski definition) is 1. The predicted molar refractivity (Wildman–Crippen MR) is 86.6 cm³/mol. The molecule has 0 saturated heterocycles. The van der Waals surface area contributed by atoms with Gasteiger partial charge in [0.25, 0.3) is 0 Å². The first kappa shape index (κ1) is 14.7. The summed E-state index contributed by atoms with van der Waals surface area (Å²) in [5.41, 5.74) is 3.24. The molecule has 0 spiro atoms. The molecule has 1 aromatic heterocycles. The maximum Gasteiger partial charge on any atom is 0.0573 e. The standard InChI is InChI=1S/C16H20ClN3/c1-3-8-19-14-9-15(11-18-10-14)20(2)12-13-6-4-5-7-16(13)17/h4-7,9-11,19H,3,8,12H2,1-2H3. The number of benzene rings is 1. The molecule has 20 heavy (non-hydrogen) atoms. The molecule has 1 N–H and O–H groups in total. The molecule has 0 bridgehead atoms. The molecule has 0 amide bonds. The number of rotatable bonds is 6. The molecule has 0 saturated carbocycles. The third-order valence-electron chi connectivity index (χ3n) is 3.11. The van der Waals surface area contributed by atoms with Gasteiger partial charge in [-0.15, -0.1) is 0 Å². The molecule has 2 rings (SSSR count). The monoisotopic (exact) mass is 289 g/mol. The Morgan fingerprint density at radius 1 is 1.25 bits per heavy atom. The average molecular weight is 290 g/mol.